The molecule has 2 nitrogen and oxygen atoms in total. The van der Waals surface area contributed by atoms with E-state index in [4.69, 9.17) is 4.74 Å². The summed E-state index contributed by atoms with van der Waals surface area (Å²) in [7, 11) is 0. The molecular formula is C17H18O2. The molecule has 0 aliphatic rings. The minimum atomic E-state index is -0.538. The van der Waals surface area contributed by atoms with Gasteiger partial charge in [0.05, 0.1) is 6.10 Å². The number of hydrogen-bond acceptors (Lipinski definition) is 2. The standard InChI is InChI=1S/C17H18O2/c1-13(2)19-17(15-11-7-4-8-12-15)16(18)14-9-5-3-6-10-14/h3-13,17H,1-2H3/t17-/m0/s1. The van der Waals surface area contributed by atoms with Gasteiger partial charge in [0, 0.05) is 5.56 Å². The Labute approximate surface area is 114 Å². The first-order chi connectivity index (χ1) is 9.18. The molecular weight excluding hydrogens is 236 g/mol. The molecule has 2 aromatic carbocycles. The number of rotatable bonds is 5. The number of benzene rings is 2. The van der Waals surface area contributed by atoms with E-state index < -0.39 is 6.10 Å². The molecule has 2 rings (SSSR count). The maximum Gasteiger partial charge on any atom is 0.196 e. The molecule has 2 aromatic rings. The van der Waals surface area contributed by atoms with Gasteiger partial charge in [-0.2, -0.15) is 0 Å². The third-order valence-corrected chi connectivity index (χ3v) is 2.81. The second-order valence-electron chi connectivity index (χ2n) is 4.71. The van der Waals surface area contributed by atoms with Gasteiger partial charge >= 0.3 is 0 Å². The topological polar surface area (TPSA) is 26.3 Å². The summed E-state index contributed by atoms with van der Waals surface area (Å²) in [5, 5.41) is 0. The van der Waals surface area contributed by atoms with Crippen LogP contribution < -0.4 is 0 Å². The molecule has 0 amide bonds. The van der Waals surface area contributed by atoms with Crippen LogP contribution in [-0.2, 0) is 4.74 Å². The number of ketones is 1. The summed E-state index contributed by atoms with van der Waals surface area (Å²) in [5.74, 6) is 0.000463. The second kappa shape index (κ2) is 6.30. The predicted octanol–water partition coefficient (Wildman–Crippen LogP) is 4.04. The Kier molecular flexibility index (Phi) is 4.48. The number of hydrogen-bond donors (Lipinski definition) is 0. The number of ether oxygens (including phenoxy) is 1. The van der Waals surface area contributed by atoms with Crippen LogP contribution in [0.15, 0.2) is 60.7 Å². The number of carbonyl (C=O) groups excluding carboxylic acids is 1. The zero-order valence-corrected chi connectivity index (χ0v) is 11.2. The monoisotopic (exact) mass is 254 g/mol. The normalized spacial score (nSPS) is 12.4. The molecule has 0 aliphatic carbocycles. The Morgan fingerprint density at radius 1 is 0.895 bits per heavy atom. The summed E-state index contributed by atoms with van der Waals surface area (Å²) in [6.45, 7) is 3.88. The Morgan fingerprint density at radius 2 is 1.42 bits per heavy atom. The molecule has 0 aromatic heterocycles. The van der Waals surface area contributed by atoms with Gasteiger partial charge in [0.15, 0.2) is 5.78 Å². The summed E-state index contributed by atoms with van der Waals surface area (Å²) in [6, 6.07) is 18.9. The van der Waals surface area contributed by atoms with Gasteiger partial charge in [0.2, 0.25) is 0 Å². The van der Waals surface area contributed by atoms with E-state index in [0.29, 0.717) is 5.56 Å². The van der Waals surface area contributed by atoms with Crippen LogP contribution in [0.5, 0.6) is 0 Å². The first-order valence-electron chi connectivity index (χ1n) is 6.48. The van der Waals surface area contributed by atoms with Gasteiger partial charge in [-0.15, -0.1) is 0 Å². The molecule has 0 aliphatic heterocycles. The number of carbonyl (C=O) groups is 1. The molecule has 19 heavy (non-hydrogen) atoms. The van der Waals surface area contributed by atoms with Crippen LogP contribution in [0.25, 0.3) is 0 Å². The van der Waals surface area contributed by atoms with Gasteiger partial charge < -0.3 is 4.74 Å². The van der Waals surface area contributed by atoms with E-state index in [1.54, 1.807) is 0 Å². The Hall–Kier alpha value is -1.93. The van der Waals surface area contributed by atoms with E-state index in [1.165, 1.54) is 0 Å². The van der Waals surface area contributed by atoms with Crippen LogP contribution in [0, 0.1) is 0 Å². The van der Waals surface area contributed by atoms with Crippen molar-refractivity contribution in [3.8, 4) is 0 Å². The number of Topliss-reactive ketones (excluding diaryl/α,β-unsaturated/α-hetero) is 1. The summed E-state index contributed by atoms with van der Waals surface area (Å²) >= 11 is 0. The van der Waals surface area contributed by atoms with Crippen LogP contribution >= 0.6 is 0 Å². The van der Waals surface area contributed by atoms with E-state index in [-0.39, 0.29) is 11.9 Å². The summed E-state index contributed by atoms with van der Waals surface area (Å²) in [5.41, 5.74) is 1.57. The Morgan fingerprint density at radius 3 is 1.95 bits per heavy atom. The van der Waals surface area contributed by atoms with Crippen LogP contribution in [0.2, 0.25) is 0 Å². The quantitative estimate of drug-likeness (QED) is 0.753. The highest BCUT2D eigenvalue weighted by Gasteiger charge is 2.23. The van der Waals surface area contributed by atoms with Crippen LogP contribution in [0.4, 0.5) is 0 Å². The van der Waals surface area contributed by atoms with Crippen molar-refractivity contribution in [2.75, 3.05) is 0 Å². The highest BCUT2D eigenvalue weighted by molar-refractivity contribution is 6.00. The molecule has 0 fully saturated rings. The average molecular weight is 254 g/mol. The van der Waals surface area contributed by atoms with E-state index >= 15 is 0 Å². The van der Waals surface area contributed by atoms with Crippen molar-refractivity contribution in [1.82, 2.24) is 0 Å². The minimum Gasteiger partial charge on any atom is -0.363 e. The summed E-state index contributed by atoms with van der Waals surface area (Å²) in [6.07, 6.45) is -0.540. The van der Waals surface area contributed by atoms with Crippen molar-refractivity contribution in [3.63, 3.8) is 0 Å². The molecule has 0 unspecified atom stereocenters. The van der Waals surface area contributed by atoms with Gasteiger partial charge in [0.25, 0.3) is 0 Å². The Balaban J connectivity index is 2.31. The minimum absolute atomic E-state index is 0.000463. The van der Waals surface area contributed by atoms with Crippen molar-refractivity contribution < 1.29 is 9.53 Å². The lowest BCUT2D eigenvalue weighted by atomic mass is 9.99. The largest absolute Gasteiger partial charge is 0.363 e. The third-order valence-electron chi connectivity index (χ3n) is 2.81. The van der Waals surface area contributed by atoms with Gasteiger partial charge in [-0.3, -0.25) is 4.79 Å². The fourth-order valence-electron chi connectivity index (χ4n) is 1.95. The maximum absolute atomic E-state index is 12.6. The Bertz CT molecular complexity index is 517. The first-order valence-corrected chi connectivity index (χ1v) is 6.48. The third kappa shape index (κ3) is 3.52. The molecule has 0 spiro atoms. The van der Waals surface area contributed by atoms with Gasteiger partial charge in [-0.05, 0) is 19.4 Å². The van der Waals surface area contributed by atoms with Gasteiger partial charge in [-0.25, -0.2) is 0 Å². The van der Waals surface area contributed by atoms with E-state index in [9.17, 15) is 4.79 Å². The molecule has 0 saturated carbocycles. The molecule has 0 heterocycles. The SMILES string of the molecule is CC(C)O[C@H](C(=O)c1ccccc1)c1ccccc1. The predicted molar refractivity (Wildman–Crippen MR) is 76.2 cm³/mol. The van der Waals surface area contributed by atoms with E-state index in [0.717, 1.165) is 5.56 Å². The molecule has 2 heteroatoms. The zero-order valence-electron chi connectivity index (χ0n) is 11.2. The first kappa shape index (κ1) is 13.5. The van der Waals surface area contributed by atoms with Crippen molar-refractivity contribution in [2.24, 2.45) is 0 Å². The van der Waals surface area contributed by atoms with E-state index in [2.05, 4.69) is 0 Å². The molecule has 0 bridgehead atoms. The fourth-order valence-corrected chi connectivity index (χ4v) is 1.95. The fraction of sp³-hybridized carbons (Fsp3) is 0.235. The summed E-state index contributed by atoms with van der Waals surface area (Å²) in [4.78, 5) is 12.6. The average Bonchev–Trinajstić information content (AvgIpc) is 2.46. The molecule has 98 valence electrons. The van der Waals surface area contributed by atoms with Crippen molar-refractivity contribution in [3.05, 3.63) is 71.8 Å². The van der Waals surface area contributed by atoms with Crippen LogP contribution in [0.3, 0.4) is 0 Å². The van der Waals surface area contributed by atoms with Crippen LogP contribution in [-0.4, -0.2) is 11.9 Å². The highest BCUT2D eigenvalue weighted by atomic mass is 16.5. The zero-order chi connectivity index (χ0) is 13.7. The molecule has 1 atom stereocenters. The van der Waals surface area contributed by atoms with Crippen molar-refractivity contribution >= 4 is 5.78 Å². The molecule has 0 saturated heterocycles. The lowest BCUT2D eigenvalue weighted by molar-refractivity contribution is 0.0114. The van der Waals surface area contributed by atoms with Crippen molar-refractivity contribution in [2.45, 2.75) is 26.1 Å². The smallest absolute Gasteiger partial charge is 0.196 e. The lowest BCUT2D eigenvalue weighted by Crippen LogP contribution is -2.19. The summed E-state index contributed by atoms with van der Waals surface area (Å²) < 4.78 is 5.80. The van der Waals surface area contributed by atoms with Crippen molar-refractivity contribution in [1.29, 1.82) is 0 Å². The van der Waals surface area contributed by atoms with Gasteiger partial charge in [-0.1, -0.05) is 60.7 Å². The van der Waals surface area contributed by atoms with Gasteiger partial charge in [0.1, 0.15) is 6.10 Å². The lowest BCUT2D eigenvalue weighted by Gasteiger charge is -2.19. The second-order valence-corrected chi connectivity index (χ2v) is 4.71. The maximum atomic E-state index is 12.6. The highest BCUT2D eigenvalue weighted by Crippen LogP contribution is 2.23. The van der Waals surface area contributed by atoms with Crippen LogP contribution in [0.1, 0.15) is 35.9 Å². The molecule has 0 radical (unpaired) electrons. The van der Waals surface area contributed by atoms with E-state index in [1.807, 2.05) is 74.5 Å². The molecule has 0 N–H and O–H groups in total.